The molecule has 2 aliphatic rings. The summed E-state index contributed by atoms with van der Waals surface area (Å²) in [5.41, 5.74) is 2.23. The van der Waals surface area contributed by atoms with Gasteiger partial charge in [0.15, 0.2) is 0 Å². The predicted molar refractivity (Wildman–Crippen MR) is 71.2 cm³/mol. The molecule has 0 spiro atoms. The quantitative estimate of drug-likeness (QED) is 0.879. The smallest absolute Gasteiger partial charge is 0.127 e. The molecule has 1 heterocycles. The molecule has 1 aliphatic carbocycles. The highest BCUT2D eigenvalue weighted by atomic mass is 35.5. The van der Waals surface area contributed by atoms with Crippen LogP contribution < -0.4 is 10.1 Å². The highest BCUT2D eigenvalue weighted by Crippen LogP contribution is 2.35. The summed E-state index contributed by atoms with van der Waals surface area (Å²) in [6.07, 6.45) is 4.23. The standard InChI is InChI=1S/C14H18ClNO2/c15-12-6-10-2-5-18-13(10)11(7-12)8-16-14(9-17)3-1-4-14/h6-7,16-17H,1-5,8-9H2. The van der Waals surface area contributed by atoms with Crippen molar-refractivity contribution in [3.8, 4) is 5.75 Å². The van der Waals surface area contributed by atoms with Crippen molar-refractivity contribution in [3.63, 3.8) is 0 Å². The minimum absolute atomic E-state index is 0.0756. The molecule has 98 valence electrons. The van der Waals surface area contributed by atoms with E-state index in [2.05, 4.69) is 5.32 Å². The zero-order valence-corrected chi connectivity index (χ0v) is 11.1. The SMILES string of the molecule is OCC1(NCc2cc(Cl)cc3c2OCC3)CCC1. The van der Waals surface area contributed by atoms with E-state index in [1.54, 1.807) is 0 Å². The Kier molecular flexibility index (Phi) is 3.22. The number of hydrogen-bond acceptors (Lipinski definition) is 3. The van der Waals surface area contributed by atoms with Gasteiger partial charge in [0.2, 0.25) is 0 Å². The molecule has 1 fully saturated rings. The molecular formula is C14H18ClNO2. The van der Waals surface area contributed by atoms with Crippen LogP contribution in [0, 0.1) is 0 Å². The van der Waals surface area contributed by atoms with Gasteiger partial charge in [0.05, 0.1) is 13.2 Å². The summed E-state index contributed by atoms with van der Waals surface area (Å²) in [5.74, 6) is 0.985. The molecule has 2 N–H and O–H groups in total. The average molecular weight is 268 g/mol. The molecule has 1 aliphatic heterocycles. The summed E-state index contributed by atoms with van der Waals surface area (Å²) in [7, 11) is 0. The molecule has 0 amide bonds. The van der Waals surface area contributed by atoms with Crippen molar-refractivity contribution in [1.29, 1.82) is 0 Å². The summed E-state index contributed by atoms with van der Waals surface area (Å²) >= 11 is 6.13. The highest BCUT2D eigenvalue weighted by Gasteiger charge is 2.35. The zero-order valence-electron chi connectivity index (χ0n) is 10.3. The van der Waals surface area contributed by atoms with Gasteiger partial charge in [0, 0.05) is 29.1 Å². The van der Waals surface area contributed by atoms with Crippen molar-refractivity contribution in [3.05, 3.63) is 28.3 Å². The summed E-state index contributed by atoms with van der Waals surface area (Å²) < 4.78 is 5.67. The lowest BCUT2D eigenvalue weighted by molar-refractivity contribution is 0.0870. The van der Waals surface area contributed by atoms with Gasteiger partial charge < -0.3 is 15.2 Å². The highest BCUT2D eigenvalue weighted by molar-refractivity contribution is 6.30. The minimum Gasteiger partial charge on any atom is -0.493 e. The number of aliphatic hydroxyl groups excluding tert-OH is 1. The maximum absolute atomic E-state index is 9.44. The van der Waals surface area contributed by atoms with Crippen LogP contribution in [0.5, 0.6) is 5.75 Å². The molecule has 0 saturated heterocycles. The van der Waals surface area contributed by atoms with Gasteiger partial charge in [-0.25, -0.2) is 0 Å². The number of hydrogen-bond donors (Lipinski definition) is 2. The fraction of sp³-hybridized carbons (Fsp3) is 0.571. The van der Waals surface area contributed by atoms with E-state index < -0.39 is 0 Å². The second-order valence-electron chi connectivity index (χ2n) is 5.30. The first-order valence-corrected chi connectivity index (χ1v) is 6.90. The topological polar surface area (TPSA) is 41.5 Å². The van der Waals surface area contributed by atoms with Crippen LogP contribution in [-0.2, 0) is 13.0 Å². The molecule has 0 aromatic heterocycles. The Bertz CT molecular complexity index is 452. The Morgan fingerprint density at radius 2 is 2.22 bits per heavy atom. The second kappa shape index (κ2) is 4.72. The van der Waals surface area contributed by atoms with E-state index in [0.29, 0.717) is 6.54 Å². The number of fused-ring (bicyclic) bond motifs is 1. The minimum atomic E-state index is -0.0756. The summed E-state index contributed by atoms with van der Waals surface area (Å²) in [5, 5.41) is 13.7. The van der Waals surface area contributed by atoms with Crippen molar-refractivity contribution < 1.29 is 9.84 Å². The van der Waals surface area contributed by atoms with Crippen molar-refractivity contribution in [1.82, 2.24) is 5.32 Å². The zero-order chi connectivity index (χ0) is 12.6. The fourth-order valence-corrected chi connectivity index (χ4v) is 3.02. The number of ether oxygens (including phenoxy) is 1. The van der Waals surface area contributed by atoms with Gasteiger partial charge >= 0.3 is 0 Å². The molecule has 4 heteroatoms. The van der Waals surface area contributed by atoms with Gasteiger partial charge in [-0.3, -0.25) is 0 Å². The van der Waals surface area contributed by atoms with E-state index in [1.807, 2.05) is 12.1 Å². The monoisotopic (exact) mass is 267 g/mol. The Balaban J connectivity index is 1.76. The van der Waals surface area contributed by atoms with Gasteiger partial charge in [-0.15, -0.1) is 0 Å². The summed E-state index contributed by atoms with van der Waals surface area (Å²) in [4.78, 5) is 0. The van der Waals surface area contributed by atoms with Crippen molar-refractivity contribution in [2.75, 3.05) is 13.2 Å². The number of rotatable bonds is 4. The maximum atomic E-state index is 9.44. The maximum Gasteiger partial charge on any atom is 0.127 e. The number of aliphatic hydroxyl groups is 1. The van der Waals surface area contributed by atoms with E-state index in [4.69, 9.17) is 16.3 Å². The lowest BCUT2D eigenvalue weighted by Crippen LogP contribution is -2.53. The second-order valence-corrected chi connectivity index (χ2v) is 5.73. The molecule has 0 unspecified atom stereocenters. The van der Waals surface area contributed by atoms with Gasteiger partial charge in [-0.2, -0.15) is 0 Å². The molecule has 3 nitrogen and oxygen atoms in total. The van der Waals surface area contributed by atoms with Crippen LogP contribution in [-0.4, -0.2) is 23.9 Å². The van der Waals surface area contributed by atoms with Gasteiger partial charge in [-0.1, -0.05) is 11.6 Å². The van der Waals surface area contributed by atoms with E-state index >= 15 is 0 Å². The molecule has 0 radical (unpaired) electrons. The molecule has 3 rings (SSSR count). The van der Waals surface area contributed by atoms with Gasteiger partial charge in [0.1, 0.15) is 5.75 Å². The van der Waals surface area contributed by atoms with Gasteiger partial charge in [-0.05, 0) is 37.0 Å². The molecule has 1 saturated carbocycles. The Hall–Kier alpha value is -0.770. The molecule has 0 bridgehead atoms. The summed E-state index contributed by atoms with van der Waals surface area (Å²) in [6, 6.07) is 3.95. The van der Waals surface area contributed by atoms with Crippen molar-refractivity contribution in [2.24, 2.45) is 0 Å². The van der Waals surface area contributed by atoms with Crippen molar-refractivity contribution in [2.45, 2.75) is 37.8 Å². The van der Waals surface area contributed by atoms with Crippen LogP contribution in [0.1, 0.15) is 30.4 Å². The average Bonchev–Trinajstić information content (AvgIpc) is 2.75. The number of halogens is 1. The third-order valence-corrected chi connectivity index (χ3v) is 4.31. The third-order valence-electron chi connectivity index (χ3n) is 4.09. The molecule has 0 atom stereocenters. The first kappa shape index (κ1) is 12.3. The van der Waals surface area contributed by atoms with Crippen LogP contribution >= 0.6 is 11.6 Å². The van der Waals surface area contributed by atoms with E-state index in [-0.39, 0.29) is 12.1 Å². The van der Waals surface area contributed by atoms with Crippen LogP contribution in [0.15, 0.2) is 12.1 Å². The third kappa shape index (κ3) is 2.11. The normalized spacial score (nSPS) is 20.1. The molecule has 1 aromatic rings. The van der Waals surface area contributed by atoms with Crippen LogP contribution in [0.25, 0.3) is 0 Å². The number of nitrogens with one attached hydrogen (secondary N) is 1. The number of benzene rings is 1. The lowest BCUT2D eigenvalue weighted by atomic mass is 9.77. The van der Waals surface area contributed by atoms with Crippen LogP contribution in [0.2, 0.25) is 5.02 Å². The first-order valence-electron chi connectivity index (χ1n) is 6.52. The molecule has 1 aromatic carbocycles. The Morgan fingerprint density at radius 3 is 2.89 bits per heavy atom. The summed E-state index contributed by atoms with van der Waals surface area (Å²) in [6.45, 7) is 1.66. The van der Waals surface area contributed by atoms with Crippen LogP contribution in [0.4, 0.5) is 0 Å². The van der Waals surface area contributed by atoms with Gasteiger partial charge in [0.25, 0.3) is 0 Å². The van der Waals surface area contributed by atoms with E-state index in [1.165, 1.54) is 12.0 Å². The molecular weight excluding hydrogens is 250 g/mol. The molecule has 18 heavy (non-hydrogen) atoms. The Labute approximate surface area is 112 Å². The first-order chi connectivity index (χ1) is 8.72. The lowest BCUT2D eigenvalue weighted by Gasteiger charge is -2.41. The fourth-order valence-electron chi connectivity index (χ4n) is 2.75. The van der Waals surface area contributed by atoms with E-state index in [9.17, 15) is 5.11 Å². The Morgan fingerprint density at radius 1 is 1.39 bits per heavy atom. The van der Waals surface area contributed by atoms with Crippen molar-refractivity contribution >= 4 is 11.6 Å². The predicted octanol–water partition coefficient (Wildman–Crippen LogP) is 2.28. The van der Waals surface area contributed by atoms with Crippen LogP contribution in [0.3, 0.4) is 0 Å². The largest absolute Gasteiger partial charge is 0.493 e. The van der Waals surface area contributed by atoms with E-state index in [0.717, 1.165) is 42.2 Å².